The van der Waals surface area contributed by atoms with Crippen LogP contribution in [0, 0.1) is 6.57 Å². The quantitative estimate of drug-likeness (QED) is 0.225. The maximum atomic E-state index is 13.5. The zero-order valence-corrected chi connectivity index (χ0v) is 22.8. The first-order valence-electron chi connectivity index (χ1n) is 12.1. The number of hydrogen-bond acceptors (Lipinski definition) is 5. The van der Waals surface area contributed by atoms with Crippen molar-refractivity contribution in [3.05, 3.63) is 58.9 Å². The van der Waals surface area contributed by atoms with E-state index >= 15 is 0 Å². The molecule has 1 heterocycles. The van der Waals surface area contributed by atoms with Crippen LogP contribution in [0.25, 0.3) is 4.85 Å². The Morgan fingerprint density at radius 2 is 1.87 bits per heavy atom. The van der Waals surface area contributed by atoms with Gasteiger partial charge in [-0.3, -0.25) is 9.69 Å². The molecule has 0 aromatic heterocycles. The summed E-state index contributed by atoms with van der Waals surface area (Å²) in [6.45, 7) is 15.9. The molecule has 3 rings (SSSR count). The van der Waals surface area contributed by atoms with Gasteiger partial charge in [0.25, 0.3) is 5.91 Å². The van der Waals surface area contributed by atoms with E-state index in [1.807, 2.05) is 18.2 Å². The van der Waals surface area contributed by atoms with Gasteiger partial charge in [-0.15, -0.1) is 0 Å². The number of thiocarbonyl (C=S) groups is 1. The number of hydrogen-bond donors (Lipinski definition) is 1. The lowest BCUT2D eigenvalue weighted by molar-refractivity contribution is -0.136. The van der Waals surface area contributed by atoms with Gasteiger partial charge in [0.2, 0.25) is 0 Å². The fourth-order valence-corrected chi connectivity index (χ4v) is 4.60. The van der Waals surface area contributed by atoms with Crippen LogP contribution in [0.3, 0.4) is 0 Å². The summed E-state index contributed by atoms with van der Waals surface area (Å²) in [5.41, 5.74) is -1.68. The molecule has 0 radical (unpaired) electrons. The second-order valence-electron chi connectivity index (χ2n) is 9.67. The van der Waals surface area contributed by atoms with E-state index < -0.39 is 28.9 Å². The van der Waals surface area contributed by atoms with Crippen molar-refractivity contribution in [2.75, 3.05) is 25.2 Å². The molecule has 1 amide bonds. The molecule has 1 N–H and O–H groups in total. The van der Waals surface area contributed by atoms with Crippen LogP contribution < -0.4 is 19.7 Å². The largest absolute Gasteiger partial charge is 0.493 e. The number of alkyl halides is 3. The van der Waals surface area contributed by atoms with E-state index in [0.29, 0.717) is 43.7 Å². The van der Waals surface area contributed by atoms with Gasteiger partial charge in [0.05, 0.1) is 25.9 Å². The Morgan fingerprint density at radius 1 is 1.16 bits per heavy atom. The predicted molar refractivity (Wildman–Crippen MR) is 144 cm³/mol. The van der Waals surface area contributed by atoms with Crippen molar-refractivity contribution in [2.45, 2.75) is 58.4 Å². The van der Waals surface area contributed by atoms with E-state index in [-0.39, 0.29) is 10.8 Å². The minimum Gasteiger partial charge on any atom is -0.493 e. The van der Waals surface area contributed by atoms with Crippen molar-refractivity contribution in [3.8, 4) is 11.5 Å². The van der Waals surface area contributed by atoms with Gasteiger partial charge in [0.1, 0.15) is 5.54 Å². The van der Waals surface area contributed by atoms with Gasteiger partial charge in [0, 0.05) is 24.8 Å². The number of rotatable bonds is 10. The maximum Gasteiger partial charge on any atom is 0.407 e. The molecule has 1 aliphatic heterocycles. The number of nitrogens with one attached hydrogen (secondary N) is 1. The molecule has 7 nitrogen and oxygen atoms in total. The summed E-state index contributed by atoms with van der Waals surface area (Å²) in [6, 6.07) is 9.23. The smallest absolute Gasteiger partial charge is 0.407 e. The minimum absolute atomic E-state index is 0.0247. The van der Waals surface area contributed by atoms with Gasteiger partial charge >= 0.3 is 6.18 Å². The lowest BCUT2D eigenvalue weighted by atomic mass is 10.0. The van der Waals surface area contributed by atoms with E-state index in [1.54, 1.807) is 25.9 Å². The van der Waals surface area contributed by atoms with Crippen LogP contribution in [0.2, 0.25) is 0 Å². The van der Waals surface area contributed by atoms with Crippen LogP contribution in [0.1, 0.15) is 45.2 Å². The maximum absolute atomic E-state index is 13.5. The average Bonchev–Trinajstić information content (AvgIpc) is 3.03. The number of benzene rings is 2. The number of nitrogens with zero attached hydrogens (tertiary/aromatic N) is 3. The summed E-state index contributed by atoms with van der Waals surface area (Å²) in [7, 11) is 1.57. The van der Waals surface area contributed by atoms with E-state index in [2.05, 4.69) is 24.0 Å². The third-order valence-corrected chi connectivity index (χ3v) is 6.62. The minimum atomic E-state index is -4.74. The van der Waals surface area contributed by atoms with Crippen molar-refractivity contribution in [2.24, 2.45) is 0 Å². The summed E-state index contributed by atoms with van der Waals surface area (Å²) < 4.78 is 51.9. The Morgan fingerprint density at radius 3 is 2.47 bits per heavy atom. The normalized spacial score (nSPS) is 15.3. The molecule has 0 unspecified atom stereocenters. The molecule has 2 aromatic rings. The Kier molecular flexibility index (Phi) is 8.90. The Bertz CT molecular complexity index is 1240. The molecule has 11 heteroatoms. The summed E-state index contributed by atoms with van der Waals surface area (Å²) >= 11 is 5.53. The van der Waals surface area contributed by atoms with Crippen LogP contribution >= 0.6 is 12.2 Å². The van der Waals surface area contributed by atoms with E-state index in [0.717, 1.165) is 22.6 Å². The van der Waals surface area contributed by atoms with Crippen molar-refractivity contribution < 1.29 is 27.4 Å². The molecule has 204 valence electrons. The highest BCUT2D eigenvalue weighted by Crippen LogP contribution is 2.41. The molecule has 0 bridgehead atoms. The van der Waals surface area contributed by atoms with Gasteiger partial charge in [-0.05, 0) is 62.3 Å². The van der Waals surface area contributed by atoms with E-state index in [4.69, 9.17) is 28.3 Å². The van der Waals surface area contributed by atoms with Crippen molar-refractivity contribution in [3.63, 3.8) is 0 Å². The SMILES string of the molecule is [C-]#[N+]c1ccc(N2C(=O)C(C)(C)N(CCCOc3ccc(CNC(C)C)cc3OC)C2=S)cc1C(F)(F)F. The number of ether oxygens (including phenoxy) is 2. The van der Waals surface area contributed by atoms with E-state index in [1.165, 1.54) is 6.07 Å². The van der Waals surface area contributed by atoms with Crippen LogP contribution in [-0.4, -0.2) is 47.8 Å². The number of carbonyl (C=O) groups is 1. The van der Waals surface area contributed by atoms with Gasteiger partial charge in [0.15, 0.2) is 22.3 Å². The average molecular weight is 549 g/mol. The van der Waals surface area contributed by atoms with Gasteiger partial charge in [-0.1, -0.05) is 26.0 Å². The summed E-state index contributed by atoms with van der Waals surface area (Å²) in [5.74, 6) is 0.746. The summed E-state index contributed by atoms with van der Waals surface area (Å²) in [6.07, 6.45) is -4.24. The first-order chi connectivity index (χ1) is 17.8. The second-order valence-corrected chi connectivity index (χ2v) is 10.0. The van der Waals surface area contributed by atoms with Crippen LogP contribution in [0.15, 0.2) is 36.4 Å². The van der Waals surface area contributed by atoms with Crippen molar-refractivity contribution >= 4 is 34.6 Å². The highest BCUT2D eigenvalue weighted by atomic mass is 32.1. The molecule has 1 aliphatic rings. The highest BCUT2D eigenvalue weighted by molar-refractivity contribution is 7.80. The number of carbonyl (C=O) groups excluding carboxylic acids is 1. The monoisotopic (exact) mass is 548 g/mol. The molecule has 1 fully saturated rings. The Hall–Kier alpha value is -3.36. The lowest BCUT2D eigenvalue weighted by Crippen LogP contribution is -2.44. The van der Waals surface area contributed by atoms with Crippen LogP contribution in [0.5, 0.6) is 11.5 Å². The Labute approximate surface area is 226 Å². The molecular formula is C27H31F3N4O3S. The molecular weight excluding hydrogens is 517 g/mol. The zero-order valence-electron chi connectivity index (χ0n) is 22.0. The number of amides is 1. The van der Waals surface area contributed by atoms with Gasteiger partial charge < -0.3 is 19.7 Å². The predicted octanol–water partition coefficient (Wildman–Crippen LogP) is 5.94. The van der Waals surface area contributed by atoms with Crippen LogP contribution in [0.4, 0.5) is 24.5 Å². The molecule has 38 heavy (non-hydrogen) atoms. The molecule has 0 aliphatic carbocycles. The lowest BCUT2D eigenvalue weighted by Gasteiger charge is -2.29. The third-order valence-electron chi connectivity index (χ3n) is 6.21. The second kappa shape index (κ2) is 11.6. The van der Waals surface area contributed by atoms with Crippen molar-refractivity contribution in [1.29, 1.82) is 0 Å². The topological polar surface area (TPSA) is 58.4 Å². The summed E-state index contributed by atoms with van der Waals surface area (Å²) in [5, 5.41) is 3.45. The fraction of sp³-hybridized carbons (Fsp3) is 0.444. The standard InChI is InChI=1S/C27H31F3N4O3S/c1-17(2)32-16-18-8-11-22(23(14-18)36-6)37-13-7-12-33-25(38)34(24(35)26(33,3)4)19-9-10-21(31-5)20(15-19)27(28,29)30/h8-11,14-15,17,32H,7,12-13,16H2,1-4,6H3. The van der Waals surface area contributed by atoms with Gasteiger partial charge in [-0.25, -0.2) is 4.85 Å². The number of anilines is 1. The number of methoxy groups -OCH3 is 1. The third kappa shape index (κ3) is 6.19. The number of halogens is 3. The van der Waals surface area contributed by atoms with E-state index in [9.17, 15) is 18.0 Å². The Balaban J connectivity index is 1.70. The molecule has 0 saturated carbocycles. The van der Waals surface area contributed by atoms with Crippen molar-refractivity contribution in [1.82, 2.24) is 10.2 Å². The van der Waals surface area contributed by atoms with Gasteiger partial charge in [-0.2, -0.15) is 13.2 Å². The highest BCUT2D eigenvalue weighted by Gasteiger charge is 2.49. The molecule has 0 spiro atoms. The molecule has 0 atom stereocenters. The summed E-state index contributed by atoms with van der Waals surface area (Å²) in [4.78, 5) is 19.0. The first kappa shape index (κ1) is 29.2. The fourth-order valence-electron chi connectivity index (χ4n) is 4.09. The first-order valence-corrected chi connectivity index (χ1v) is 12.5. The molecule has 2 aromatic carbocycles. The van der Waals surface area contributed by atoms with Crippen LogP contribution in [-0.2, 0) is 17.5 Å². The zero-order chi connectivity index (χ0) is 28.3. The molecule has 1 saturated heterocycles.